The molecule has 0 aromatic carbocycles. The maximum Gasteiger partial charge on any atom is 0.407 e. The second kappa shape index (κ2) is 6.90. The molecule has 1 atom stereocenters. The van der Waals surface area contributed by atoms with Gasteiger partial charge in [-0.05, 0) is 52.4 Å². The van der Waals surface area contributed by atoms with Crippen LogP contribution in [0, 0.1) is 11.8 Å². The maximum atomic E-state index is 13.1. The molecule has 1 saturated carbocycles. The second-order valence-electron chi connectivity index (χ2n) is 6.36. The number of ether oxygens (including phenoxy) is 1. The first-order valence-corrected chi connectivity index (χ1v) is 7.01. The van der Waals surface area contributed by atoms with Crippen LogP contribution in [0.3, 0.4) is 0 Å². The van der Waals surface area contributed by atoms with Crippen LogP contribution in [0.1, 0.15) is 46.5 Å². The van der Waals surface area contributed by atoms with Gasteiger partial charge in [0.1, 0.15) is 12.3 Å². The average molecular weight is 289 g/mol. The Morgan fingerprint density at radius 2 is 1.85 bits per heavy atom. The summed E-state index contributed by atoms with van der Waals surface area (Å²) in [5, 5.41) is 11.5. The highest BCUT2D eigenvalue weighted by atomic mass is 19.1. The SMILES string of the molecule is CC(C)(C)OC(=O)NC(CF)C1CCC(C(=O)O)CC1. The van der Waals surface area contributed by atoms with Crippen molar-refractivity contribution in [2.24, 2.45) is 11.8 Å². The minimum absolute atomic E-state index is 0.0249. The Morgan fingerprint density at radius 3 is 2.25 bits per heavy atom. The molecule has 0 heterocycles. The van der Waals surface area contributed by atoms with E-state index >= 15 is 0 Å². The zero-order valence-electron chi connectivity index (χ0n) is 12.3. The zero-order valence-corrected chi connectivity index (χ0v) is 12.3. The van der Waals surface area contributed by atoms with Gasteiger partial charge in [-0.25, -0.2) is 9.18 Å². The first-order valence-electron chi connectivity index (χ1n) is 7.01. The number of aliphatic carboxylic acids is 1. The van der Waals surface area contributed by atoms with Gasteiger partial charge in [-0.2, -0.15) is 0 Å². The number of rotatable bonds is 4. The minimum atomic E-state index is -0.791. The predicted octanol–water partition coefficient (Wildman–Crippen LogP) is 2.74. The summed E-state index contributed by atoms with van der Waals surface area (Å²) in [6.07, 6.45) is 1.67. The largest absolute Gasteiger partial charge is 0.481 e. The van der Waals surface area contributed by atoms with Gasteiger partial charge in [0, 0.05) is 0 Å². The highest BCUT2D eigenvalue weighted by molar-refractivity contribution is 5.70. The molecule has 5 nitrogen and oxygen atoms in total. The van der Waals surface area contributed by atoms with Crippen LogP contribution >= 0.6 is 0 Å². The Hall–Kier alpha value is -1.33. The van der Waals surface area contributed by atoms with Gasteiger partial charge in [0.2, 0.25) is 0 Å². The van der Waals surface area contributed by atoms with Crippen LogP contribution in [0.4, 0.5) is 9.18 Å². The van der Waals surface area contributed by atoms with Crippen LogP contribution in [-0.4, -0.2) is 35.5 Å². The number of halogens is 1. The number of alkyl halides is 1. The molecule has 1 amide bonds. The fourth-order valence-electron chi connectivity index (χ4n) is 2.51. The molecule has 1 fully saturated rings. The van der Waals surface area contributed by atoms with E-state index in [1.165, 1.54) is 0 Å². The van der Waals surface area contributed by atoms with E-state index < -0.39 is 30.4 Å². The summed E-state index contributed by atoms with van der Waals surface area (Å²) in [6.45, 7) is 4.57. The lowest BCUT2D eigenvalue weighted by molar-refractivity contribution is -0.143. The summed E-state index contributed by atoms with van der Waals surface area (Å²) >= 11 is 0. The Bertz CT molecular complexity index is 346. The lowest BCUT2D eigenvalue weighted by atomic mass is 9.79. The van der Waals surface area contributed by atoms with Crippen molar-refractivity contribution in [3.63, 3.8) is 0 Å². The van der Waals surface area contributed by atoms with Gasteiger partial charge < -0.3 is 15.2 Å². The molecule has 6 heteroatoms. The number of amides is 1. The van der Waals surface area contributed by atoms with Crippen molar-refractivity contribution in [1.82, 2.24) is 5.32 Å². The van der Waals surface area contributed by atoms with E-state index in [4.69, 9.17) is 9.84 Å². The number of hydrogen-bond donors (Lipinski definition) is 2. The van der Waals surface area contributed by atoms with Crippen molar-refractivity contribution in [3.8, 4) is 0 Å². The van der Waals surface area contributed by atoms with Gasteiger partial charge in [0.15, 0.2) is 0 Å². The summed E-state index contributed by atoms with van der Waals surface area (Å²) < 4.78 is 18.2. The normalized spacial score (nSPS) is 24.8. The molecule has 0 bridgehead atoms. The zero-order chi connectivity index (χ0) is 15.3. The van der Waals surface area contributed by atoms with E-state index in [9.17, 15) is 14.0 Å². The topological polar surface area (TPSA) is 75.6 Å². The van der Waals surface area contributed by atoms with E-state index in [0.29, 0.717) is 25.7 Å². The number of carboxylic acid groups (broad SMARTS) is 1. The second-order valence-corrected chi connectivity index (χ2v) is 6.36. The van der Waals surface area contributed by atoms with Crippen molar-refractivity contribution in [2.45, 2.75) is 58.1 Å². The van der Waals surface area contributed by atoms with Crippen LogP contribution < -0.4 is 5.32 Å². The molecule has 1 aliphatic rings. The van der Waals surface area contributed by atoms with Crippen LogP contribution in [0.15, 0.2) is 0 Å². The van der Waals surface area contributed by atoms with Crippen LogP contribution in [0.2, 0.25) is 0 Å². The van der Waals surface area contributed by atoms with Crippen molar-refractivity contribution in [1.29, 1.82) is 0 Å². The third-order valence-electron chi connectivity index (χ3n) is 3.56. The number of alkyl carbamates (subject to hydrolysis) is 1. The first-order chi connectivity index (χ1) is 9.23. The lowest BCUT2D eigenvalue weighted by Crippen LogP contribution is -2.45. The van der Waals surface area contributed by atoms with E-state index in [1.54, 1.807) is 20.8 Å². The lowest BCUT2D eigenvalue weighted by Gasteiger charge is -2.32. The summed E-state index contributed by atoms with van der Waals surface area (Å²) in [4.78, 5) is 22.5. The summed E-state index contributed by atoms with van der Waals surface area (Å²) in [5.41, 5.74) is -0.619. The quantitative estimate of drug-likeness (QED) is 0.834. The van der Waals surface area contributed by atoms with Gasteiger partial charge >= 0.3 is 12.1 Å². The molecule has 1 aliphatic carbocycles. The van der Waals surface area contributed by atoms with Crippen LogP contribution in [0.5, 0.6) is 0 Å². The Kier molecular flexibility index (Phi) is 5.77. The van der Waals surface area contributed by atoms with Gasteiger partial charge in [-0.15, -0.1) is 0 Å². The molecule has 0 aromatic rings. The molecular weight excluding hydrogens is 265 g/mol. The summed E-state index contributed by atoms with van der Waals surface area (Å²) in [5.74, 6) is -1.16. The van der Waals surface area contributed by atoms with E-state index in [-0.39, 0.29) is 11.8 Å². The molecule has 0 aromatic heterocycles. The van der Waals surface area contributed by atoms with Crippen molar-refractivity contribution < 1.29 is 23.8 Å². The molecule has 1 unspecified atom stereocenters. The molecule has 20 heavy (non-hydrogen) atoms. The number of nitrogens with one attached hydrogen (secondary N) is 1. The molecule has 116 valence electrons. The molecule has 1 rings (SSSR count). The van der Waals surface area contributed by atoms with E-state index in [2.05, 4.69) is 5.32 Å². The number of hydrogen-bond acceptors (Lipinski definition) is 3. The van der Waals surface area contributed by atoms with Crippen LogP contribution in [0.25, 0.3) is 0 Å². The molecule has 0 aliphatic heterocycles. The molecule has 0 saturated heterocycles. The van der Waals surface area contributed by atoms with Crippen molar-refractivity contribution >= 4 is 12.1 Å². The molecule has 0 spiro atoms. The Labute approximate surface area is 118 Å². The number of carbonyl (C=O) groups is 2. The fourth-order valence-corrected chi connectivity index (χ4v) is 2.51. The molecular formula is C14H24FNO4. The van der Waals surface area contributed by atoms with E-state index in [0.717, 1.165) is 0 Å². The molecule has 2 N–H and O–H groups in total. The monoisotopic (exact) mass is 289 g/mol. The van der Waals surface area contributed by atoms with Gasteiger partial charge in [-0.3, -0.25) is 4.79 Å². The fraction of sp³-hybridized carbons (Fsp3) is 0.857. The standard InChI is InChI=1S/C14H24FNO4/c1-14(2,3)20-13(19)16-11(8-15)9-4-6-10(7-5-9)12(17)18/h9-11H,4-8H2,1-3H3,(H,16,19)(H,17,18). The summed E-state index contributed by atoms with van der Waals surface area (Å²) in [7, 11) is 0. The highest BCUT2D eigenvalue weighted by Crippen LogP contribution is 2.31. The third-order valence-corrected chi connectivity index (χ3v) is 3.56. The highest BCUT2D eigenvalue weighted by Gasteiger charge is 2.32. The van der Waals surface area contributed by atoms with Crippen molar-refractivity contribution in [2.75, 3.05) is 6.67 Å². The van der Waals surface area contributed by atoms with Crippen molar-refractivity contribution in [3.05, 3.63) is 0 Å². The maximum absolute atomic E-state index is 13.1. The van der Waals surface area contributed by atoms with E-state index in [1.807, 2.05) is 0 Å². The summed E-state index contributed by atoms with van der Waals surface area (Å²) in [6, 6.07) is -0.598. The predicted molar refractivity (Wildman–Crippen MR) is 72.2 cm³/mol. The first kappa shape index (κ1) is 16.7. The molecule has 0 radical (unpaired) electrons. The van der Waals surface area contributed by atoms with Gasteiger partial charge in [-0.1, -0.05) is 0 Å². The Morgan fingerprint density at radius 1 is 1.30 bits per heavy atom. The number of carboxylic acids is 1. The average Bonchev–Trinajstić information content (AvgIpc) is 2.34. The Balaban J connectivity index is 2.47. The van der Waals surface area contributed by atoms with Gasteiger partial charge in [0.25, 0.3) is 0 Å². The smallest absolute Gasteiger partial charge is 0.407 e. The third kappa shape index (κ3) is 5.35. The number of carbonyl (C=O) groups excluding carboxylic acids is 1. The van der Waals surface area contributed by atoms with Gasteiger partial charge in [0.05, 0.1) is 12.0 Å². The minimum Gasteiger partial charge on any atom is -0.481 e. The van der Waals surface area contributed by atoms with Crippen LogP contribution in [-0.2, 0) is 9.53 Å².